The topological polar surface area (TPSA) is 97.6 Å². The first-order chi connectivity index (χ1) is 12.2. The number of nitrogens with zero attached hydrogens (tertiary/aromatic N) is 2. The molecule has 142 valence electrons. The predicted octanol–water partition coefficient (Wildman–Crippen LogP) is 2.74. The van der Waals surface area contributed by atoms with Gasteiger partial charge in [-0.3, -0.25) is 9.78 Å². The van der Waals surface area contributed by atoms with E-state index in [9.17, 15) is 9.59 Å². The van der Waals surface area contributed by atoms with Gasteiger partial charge in [-0.1, -0.05) is 0 Å². The van der Waals surface area contributed by atoms with Crippen LogP contribution in [0.2, 0.25) is 0 Å². The number of rotatable bonds is 5. The Morgan fingerprint density at radius 3 is 2.81 bits per heavy atom. The molecule has 2 heterocycles. The van der Waals surface area contributed by atoms with Gasteiger partial charge in [0.25, 0.3) is 5.91 Å². The summed E-state index contributed by atoms with van der Waals surface area (Å²) in [5.74, 6) is 0.445. The highest BCUT2D eigenvalue weighted by Crippen LogP contribution is 2.38. The summed E-state index contributed by atoms with van der Waals surface area (Å²) in [6, 6.07) is 0.150. The van der Waals surface area contributed by atoms with Crippen molar-refractivity contribution in [3.63, 3.8) is 0 Å². The zero-order valence-corrected chi connectivity index (χ0v) is 16.9. The lowest BCUT2D eigenvalue weighted by Gasteiger charge is -2.27. The molecule has 26 heavy (non-hydrogen) atoms. The summed E-state index contributed by atoms with van der Waals surface area (Å²) < 4.78 is 6.08. The van der Waals surface area contributed by atoms with Crippen molar-refractivity contribution in [2.45, 2.75) is 51.7 Å². The summed E-state index contributed by atoms with van der Waals surface area (Å²) in [4.78, 5) is 30.5. The van der Waals surface area contributed by atoms with Gasteiger partial charge in [0.2, 0.25) is 0 Å². The predicted molar refractivity (Wildman–Crippen MR) is 102 cm³/mol. The number of hydrogen-bond donors (Lipinski definition) is 2. The highest BCUT2D eigenvalue weighted by Gasteiger charge is 2.39. The molecule has 1 aliphatic heterocycles. The fourth-order valence-corrected chi connectivity index (χ4v) is 4.06. The van der Waals surface area contributed by atoms with Crippen LogP contribution in [-0.2, 0) is 4.74 Å². The van der Waals surface area contributed by atoms with Gasteiger partial charge < -0.3 is 20.7 Å². The molecule has 8 heteroatoms. The number of carbonyl (C=O) groups excluding carboxylic acids is 2. The smallest absolute Gasteiger partial charge is 0.405 e. The normalized spacial score (nSPS) is 23.6. The molecule has 1 saturated heterocycles. The SMILES string of the molecule is Cc1ncc(C(=O)N[C@@H](C)C2CC2)c(N2CC[C@](C)(OC(N)=O)C2)c1Br. The zero-order chi connectivity index (χ0) is 19.1. The second-order valence-electron chi connectivity index (χ2n) is 7.56. The Morgan fingerprint density at radius 2 is 2.19 bits per heavy atom. The van der Waals surface area contributed by atoms with Crippen LogP contribution < -0.4 is 16.0 Å². The molecule has 0 radical (unpaired) electrons. The number of hydrogen-bond acceptors (Lipinski definition) is 5. The van der Waals surface area contributed by atoms with E-state index in [1.807, 2.05) is 20.8 Å². The maximum absolute atomic E-state index is 12.9. The van der Waals surface area contributed by atoms with Crippen molar-refractivity contribution in [2.75, 3.05) is 18.0 Å². The number of aromatic nitrogens is 1. The fourth-order valence-electron chi connectivity index (χ4n) is 3.49. The molecule has 1 aromatic rings. The number of primary amides is 1. The Bertz CT molecular complexity index is 737. The summed E-state index contributed by atoms with van der Waals surface area (Å²) in [5.41, 5.74) is 6.65. The van der Waals surface area contributed by atoms with Crippen molar-refractivity contribution >= 4 is 33.6 Å². The van der Waals surface area contributed by atoms with E-state index in [1.54, 1.807) is 6.20 Å². The van der Waals surface area contributed by atoms with E-state index in [4.69, 9.17) is 10.5 Å². The van der Waals surface area contributed by atoms with Crippen LogP contribution in [0.4, 0.5) is 10.5 Å². The minimum absolute atomic E-state index is 0.128. The fraction of sp³-hybridized carbons (Fsp3) is 0.611. The van der Waals surface area contributed by atoms with Crippen molar-refractivity contribution in [3.05, 3.63) is 21.9 Å². The van der Waals surface area contributed by atoms with E-state index in [0.29, 0.717) is 31.0 Å². The van der Waals surface area contributed by atoms with Crippen molar-refractivity contribution in [1.82, 2.24) is 10.3 Å². The number of ether oxygens (including phenoxy) is 1. The highest BCUT2D eigenvalue weighted by atomic mass is 79.9. The molecule has 1 aliphatic carbocycles. The van der Waals surface area contributed by atoms with Gasteiger partial charge in [-0.05, 0) is 55.5 Å². The van der Waals surface area contributed by atoms with Gasteiger partial charge >= 0.3 is 6.09 Å². The number of nitrogens with one attached hydrogen (secondary N) is 1. The van der Waals surface area contributed by atoms with E-state index in [0.717, 1.165) is 15.9 Å². The molecular formula is C18H25BrN4O3. The number of carbonyl (C=O) groups is 2. The van der Waals surface area contributed by atoms with Gasteiger partial charge in [-0.15, -0.1) is 0 Å². The molecular weight excluding hydrogens is 400 g/mol. The zero-order valence-electron chi connectivity index (χ0n) is 15.3. The van der Waals surface area contributed by atoms with E-state index in [2.05, 4.69) is 31.1 Å². The summed E-state index contributed by atoms with van der Waals surface area (Å²) >= 11 is 3.59. The highest BCUT2D eigenvalue weighted by molar-refractivity contribution is 9.10. The van der Waals surface area contributed by atoms with Crippen LogP contribution in [0.1, 0.15) is 49.2 Å². The third-order valence-electron chi connectivity index (χ3n) is 5.20. The van der Waals surface area contributed by atoms with Gasteiger partial charge in [0.1, 0.15) is 5.60 Å². The minimum Gasteiger partial charge on any atom is -0.441 e. The Hall–Kier alpha value is -1.83. The standard InChI is InChI=1S/C18H25BrN4O3/c1-10(12-4-5-12)22-16(24)13-8-21-11(2)14(19)15(13)23-7-6-18(3,9-23)26-17(20)25/h8,10,12H,4-7,9H2,1-3H3,(H2,20,25)(H,22,24)/t10-,18-/m0/s1. The van der Waals surface area contributed by atoms with Gasteiger partial charge in [0, 0.05) is 25.2 Å². The molecule has 2 aliphatic rings. The van der Waals surface area contributed by atoms with Crippen LogP contribution in [0.25, 0.3) is 0 Å². The largest absolute Gasteiger partial charge is 0.441 e. The molecule has 2 fully saturated rings. The van der Waals surface area contributed by atoms with Crippen molar-refractivity contribution in [3.8, 4) is 0 Å². The number of aryl methyl sites for hydroxylation is 1. The average molecular weight is 425 g/mol. The van der Waals surface area contributed by atoms with E-state index >= 15 is 0 Å². The first-order valence-electron chi connectivity index (χ1n) is 8.89. The summed E-state index contributed by atoms with van der Waals surface area (Å²) in [6.07, 6.45) is 3.81. The van der Waals surface area contributed by atoms with E-state index in [-0.39, 0.29) is 11.9 Å². The molecule has 7 nitrogen and oxygen atoms in total. The van der Waals surface area contributed by atoms with Gasteiger partial charge in [-0.25, -0.2) is 4.79 Å². The van der Waals surface area contributed by atoms with Crippen LogP contribution in [0, 0.1) is 12.8 Å². The Kier molecular flexibility index (Phi) is 5.14. The van der Waals surface area contributed by atoms with Crippen molar-refractivity contribution < 1.29 is 14.3 Å². The maximum atomic E-state index is 12.9. The van der Waals surface area contributed by atoms with Crippen LogP contribution in [-0.4, -0.2) is 41.7 Å². The third kappa shape index (κ3) is 3.95. The van der Waals surface area contributed by atoms with E-state index < -0.39 is 11.7 Å². The van der Waals surface area contributed by atoms with Gasteiger partial charge in [0.05, 0.1) is 28.0 Å². The number of pyridine rings is 1. The lowest BCUT2D eigenvalue weighted by Crippen LogP contribution is -2.38. The Morgan fingerprint density at radius 1 is 1.50 bits per heavy atom. The molecule has 3 N–H and O–H groups in total. The van der Waals surface area contributed by atoms with Gasteiger partial charge in [-0.2, -0.15) is 0 Å². The number of anilines is 1. The number of halogens is 1. The lowest BCUT2D eigenvalue weighted by molar-refractivity contribution is 0.0480. The lowest BCUT2D eigenvalue weighted by atomic mass is 10.1. The van der Waals surface area contributed by atoms with Crippen LogP contribution in [0.15, 0.2) is 10.7 Å². The Labute approximate surface area is 161 Å². The maximum Gasteiger partial charge on any atom is 0.405 e. The summed E-state index contributed by atoms with van der Waals surface area (Å²) in [6.45, 7) is 6.91. The van der Waals surface area contributed by atoms with Crippen molar-refractivity contribution in [2.24, 2.45) is 11.7 Å². The quantitative estimate of drug-likeness (QED) is 0.756. The minimum atomic E-state index is -0.782. The second kappa shape index (κ2) is 7.06. The molecule has 3 rings (SSSR count). The molecule has 2 atom stereocenters. The van der Waals surface area contributed by atoms with Gasteiger partial charge in [0.15, 0.2) is 0 Å². The van der Waals surface area contributed by atoms with Crippen LogP contribution in [0.5, 0.6) is 0 Å². The molecule has 0 bridgehead atoms. The molecule has 0 unspecified atom stereocenters. The monoisotopic (exact) mass is 424 g/mol. The second-order valence-corrected chi connectivity index (χ2v) is 8.35. The van der Waals surface area contributed by atoms with Crippen LogP contribution >= 0.6 is 15.9 Å². The van der Waals surface area contributed by atoms with E-state index in [1.165, 1.54) is 12.8 Å². The Balaban J connectivity index is 1.87. The molecule has 1 saturated carbocycles. The summed E-state index contributed by atoms with van der Waals surface area (Å²) in [7, 11) is 0. The molecule has 0 spiro atoms. The average Bonchev–Trinajstić information content (AvgIpc) is 3.33. The summed E-state index contributed by atoms with van der Waals surface area (Å²) in [5, 5.41) is 3.09. The van der Waals surface area contributed by atoms with Crippen molar-refractivity contribution in [1.29, 1.82) is 0 Å². The number of amides is 2. The van der Waals surface area contributed by atoms with Crippen LogP contribution in [0.3, 0.4) is 0 Å². The number of nitrogens with two attached hydrogens (primary N) is 1. The molecule has 2 amide bonds. The first-order valence-corrected chi connectivity index (χ1v) is 9.69. The molecule has 0 aromatic carbocycles. The first kappa shape index (κ1) is 18.9. The third-order valence-corrected chi connectivity index (χ3v) is 6.15. The molecule has 1 aromatic heterocycles.